The number of pyridine rings is 1. The number of benzene rings is 1. The van der Waals surface area contributed by atoms with Crippen molar-refractivity contribution in [3.63, 3.8) is 0 Å². The topological polar surface area (TPSA) is 87.2 Å². The van der Waals surface area contributed by atoms with Gasteiger partial charge in [0.15, 0.2) is 0 Å². The van der Waals surface area contributed by atoms with Crippen LogP contribution in [0.15, 0.2) is 36.5 Å². The van der Waals surface area contributed by atoms with Crippen LogP contribution in [0.4, 0.5) is 10.5 Å². The summed E-state index contributed by atoms with van der Waals surface area (Å²) in [5.41, 5.74) is 7.74. The van der Waals surface area contributed by atoms with E-state index in [-0.39, 0.29) is 23.7 Å². The standard InChI is InChI=1S/C18H16ClN3O3/c1-3-25-18(24)22-13-9-11(19)6-7-12(13)14(20)16(22)17(23)15-10(2)5-4-8-21-15/h4-9H,3,20H2,1-2H3. The molecule has 0 amide bonds. The Morgan fingerprint density at radius 3 is 2.76 bits per heavy atom. The number of hydrogen-bond donors (Lipinski definition) is 1. The number of hydrogen-bond acceptors (Lipinski definition) is 5. The van der Waals surface area contributed by atoms with E-state index in [1.807, 2.05) is 0 Å². The van der Waals surface area contributed by atoms with E-state index in [1.165, 1.54) is 6.20 Å². The van der Waals surface area contributed by atoms with Gasteiger partial charge in [0.25, 0.3) is 0 Å². The third-order valence-electron chi connectivity index (χ3n) is 3.86. The summed E-state index contributed by atoms with van der Waals surface area (Å²) >= 11 is 6.05. The number of carbonyl (C=O) groups excluding carboxylic acids is 2. The van der Waals surface area contributed by atoms with Crippen molar-refractivity contribution < 1.29 is 14.3 Å². The molecule has 0 unspecified atom stereocenters. The van der Waals surface area contributed by atoms with Crippen LogP contribution in [0.25, 0.3) is 10.9 Å². The van der Waals surface area contributed by atoms with E-state index in [4.69, 9.17) is 22.1 Å². The van der Waals surface area contributed by atoms with Crippen molar-refractivity contribution in [3.8, 4) is 0 Å². The highest BCUT2D eigenvalue weighted by Crippen LogP contribution is 2.32. The smallest absolute Gasteiger partial charge is 0.419 e. The Morgan fingerprint density at radius 2 is 2.08 bits per heavy atom. The van der Waals surface area contributed by atoms with E-state index >= 15 is 0 Å². The van der Waals surface area contributed by atoms with Crippen LogP contribution in [0, 0.1) is 6.92 Å². The zero-order chi connectivity index (χ0) is 18.1. The summed E-state index contributed by atoms with van der Waals surface area (Å²) in [6.45, 7) is 3.62. The van der Waals surface area contributed by atoms with E-state index in [9.17, 15) is 9.59 Å². The molecule has 0 aliphatic rings. The van der Waals surface area contributed by atoms with Crippen molar-refractivity contribution >= 4 is 40.1 Å². The van der Waals surface area contributed by atoms with Crippen LogP contribution in [0.1, 0.15) is 28.7 Å². The second-order valence-corrected chi connectivity index (χ2v) is 5.89. The summed E-state index contributed by atoms with van der Waals surface area (Å²) in [5, 5.41) is 0.970. The van der Waals surface area contributed by atoms with Gasteiger partial charge in [-0.15, -0.1) is 0 Å². The molecule has 7 heteroatoms. The average Bonchev–Trinajstić information content (AvgIpc) is 2.87. The minimum absolute atomic E-state index is 0.0255. The number of nitrogens with zero attached hydrogens (tertiary/aromatic N) is 2. The SMILES string of the molecule is CCOC(=O)n1c(C(=O)c2ncccc2C)c(N)c2ccc(Cl)cc21. The molecule has 25 heavy (non-hydrogen) atoms. The van der Waals surface area contributed by atoms with Crippen molar-refractivity contribution in [1.29, 1.82) is 0 Å². The van der Waals surface area contributed by atoms with Crippen LogP contribution >= 0.6 is 11.6 Å². The quantitative estimate of drug-likeness (QED) is 0.720. The first-order valence-electron chi connectivity index (χ1n) is 7.68. The van der Waals surface area contributed by atoms with Gasteiger partial charge < -0.3 is 10.5 Å². The average molecular weight is 358 g/mol. The van der Waals surface area contributed by atoms with Gasteiger partial charge in [0.2, 0.25) is 5.78 Å². The molecule has 1 aromatic carbocycles. The molecule has 0 spiro atoms. The van der Waals surface area contributed by atoms with Gasteiger partial charge in [-0.1, -0.05) is 17.7 Å². The summed E-state index contributed by atoms with van der Waals surface area (Å²) < 4.78 is 6.26. The van der Waals surface area contributed by atoms with Gasteiger partial charge in [0.05, 0.1) is 17.8 Å². The molecule has 3 aromatic rings. The lowest BCUT2D eigenvalue weighted by molar-refractivity contribution is 0.102. The van der Waals surface area contributed by atoms with Gasteiger partial charge in [-0.3, -0.25) is 9.78 Å². The van der Waals surface area contributed by atoms with Crippen molar-refractivity contribution in [2.24, 2.45) is 0 Å². The Labute approximate surface area is 149 Å². The highest BCUT2D eigenvalue weighted by molar-refractivity contribution is 6.31. The second kappa shape index (κ2) is 6.57. The molecule has 0 aliphatic carbocycles. The number of nitrogens with two attached hydrogens (primary N) is 1. The molecule has 2 aromatic heterocycles. The lowest BCUT2D eigenvalue weighted by Gasteiger charge is -2.10. The van der Waals surface area contributed by atoms with Crippen LogP contribution in [-0.2, 0) is 4.74 Å². The third-order valence-corrected chi connectivity index (χ3v) is 4.09. The normalized spacial score (nSPS) is 10.8. The summed E-state index contributed by atoms with van der Waals surface area (Å²) in [5.74, 6) is -0.448. The van der Waals surface area contributed by atoms with E-state index < -0.39 is 11.9 Å². The molecule has 0 bridgehead atoms. The molecule has 0 radical (unpaired) electrons. The maximum absolute atomic E-state index is 13.1. The molecule has 6 nitrogen and oxygen atoms in total. The van der Waals surface area contributed by atoms with Gasteiger partial charge in [-0.2, -0.15) is 0 Å². The van der Waals surface area contributed by atoms with E-state index in [1.54, 1.807) is 44.2 Å². The first-order valence-corrected chi connectivity index (χ1v) is 8.06. The Morgan fingerprint density at radius 1 is 1.32 bits per heavy atom. The molecule has 0 atom stereocenters. The molecular formula is C18H16ClN3O3. The first kappa shape index (κ1) is 17.0. The Kier molecular flexibility index (Phi) is 4.46. The summed E-state index contributed by atoms with van der Waals surface area (Å²) in [7, 11) is 0. The van der Waals surface area contributed by atoms with Crippen LogP contribution in [0.2, 0.25) is 5.02 Å². The maximum atomic E-state index is 13.1. The number of nitrogen functional groups attached to an aromatic ring is 1. The van der Waals surface area contributed by atoms with Crippen molar-refractivity contribution in [1.82, 2.24) is 9.55 Å². The Hall–Kier alpha value is -2.86. The van der Waals surface area contributed by atoms with Crippen LogP contribution in [0.3, 0.4) is 0 Å². The van der Waals surface area contributed by atoms with Crippen molar-refractivity contribution in [2.75, 3.05) is 12.3 Å². The molecule has 2 N–H and O–H groups in total. The predicted molar refractivity (Wildman–Crippen MR) is 96.2 cm³/mol. The minimum Gasteiger partial charge on any atom is -0.449 e. The molecule has 0 fully saturated rings. The molecule has 3 rings (SSSR count). The predicted octanol–water partition coefficient (Wildman–Crippen LogP) is 3.82. The van der Waals surface area contributed by atoms with Crippen molar-refractivity contribution in [3.05, 3.63) is 58.5 Å². The summed E-state index contributed by atoms with van der Waals surface area (Å²) in [4.78, 5) is 29.7. The van der Waals surface area contributed by atoms with Crippen molar-refractivity contribution in [2.45, 2.75) is 13.8 Å². The molecule has 2 heterocycles. The highest BCUT2D eigenvalue weighted by Gasteiger charge is 2.28. The fraction of sp³-hybridized carbons (Fsp3) is 0.167. The zero-order valence-corrected chi connectivity index (χ0v) is 14.5. The fourth-order valence-electron chi connectivity index (χ4n) is 2.72. The number of rotatable bonds is 3. The maximum Gasteiger partial charge on any atom is 0.419 e. The number of carbonyl (C=O) groups is 2. The van der Waals surface area contributed by atoms with Gasteiger partial charge in [0, 0.05) is 16.6 Å². The molecule has 0 aliphatic heterocycles. The monoisotopic (exact) mass is 357 g/mol. The van der Waals surface area contributed by atoms with Gasteiger partial charge >= 0.3 is 6.09 Å². The van der Waals surface area contributed by atoms with Crippen LogP contribution in [-0.4, -0.2) is 28.0 Å². The third kappa shape index (κ3) is 2.85. The molecule has 0 saturated carbocycles. The van der Waals surface area contributed by atoms with E-state index in [0.717, 1.165) is 4.57 Å². The summed E-state index contributed by atoms with van der Waals surface area (Å²) in [6, 6.07) is 8.40. The first-order chi connectivity index (χ1) is 12.0. The minimum atomic E-state index is -0.691. The molecular weight excluding hydrogens is 342 g/mol. The second-order valence-electron chi connectivity index (χ2n) is 5.46. The van der Waals surface area contributed by atoms with Gasteiger partial charge in [-0.05, 0) is 43.7 Å². The van der Waals surface area contributed by atoms with Crippen LogP contribution < -0.4 is 5.73 Å². The largest absolute Gasteiger partial charge is 0.449 e. The van der Waals surface area contributed by atoms with E-state index in [2.05, 4.69) is 4.98 Å². The lowest BCUT2D eigenvalue weighted by atomic mass is 10.1. The van der Waals surface area contributed by atoms with Gasteiger partial charge in [0.1, 0.15) is 11.4 Å². The zero-order valence-electron chi connectivity index (χ0n) is 13.7. The van der Waals surface area contributed by atoms with E-state index in [0.29, 0.717) is 21.5 Å². The fourth-order valence-corrected chi connectivity index (χ4v) is 2.89. The number of aryl methyl sites for hydroxylation is 1. The van der Waals surface area contributed by atoms with Gasteiger partial charge in [-0.25, -0.2) is 9.36 Å². The summed E-state index contributed by atoms with van der Waals surface area (Å²) in [6.07, 6.45) is 0.827. The number of ketones is 1. The highest BCUT2D eigenvalue weighted by atomic mass is 35.5. The number of halogens is 1. The lowest BCUT2D eigenvalue weighted by Crippen LogP contribution is -2.21. The Balaban J connectivity index is 2.32. The molecule has 0 saturated heterocycles. The molecule has 128 valence electrons. The number of ether oxygens (including phenoxy) is 1. The number of anilines is 1. The number of fused-ring (bicyclic) bond motifs is 1. The Bertz CT molecular complexity index is 995. The number of aromatic nitrogens is 2. The van der Waals surface area contributed by atoms with Crippen LogP contribution in [0.5, 0.6) is 0 Å².